The predicted molar refractivity (Wildman–Crippen MR) is 120 cm³/mol. The molecule has 2 N–H and O–H groups in total. The van der Waals surface area contributed by atoms with E-state index in [9.17, 15) is 9.59 Å². The Morgan fingerprint density at radius 1 is 0.833 bits per heavy atom. The summed E-state index contributed by atoms with van der Waals surface area (Å²) in [5, 5.41) is 5.76. The van der Waals surface area contributed by atoms with Crippen molar-refractivity contribution in [1.82, 2.24) is 0 Å². The average Bonchev–Trinajstić information content (AvgIpc) is 2.75. The Kier molecular flexibility index (Phi) is 7.61. The summed E-state index contributed by atoms with van der Waals surface area (Å²) in [6.45, 7) is 2.66. The van der Waals surface area contributed by atoms with Gasteiger partial charge in [0.2, 0.25) is 5.91 Å². The lowest BCUT2D eigenvalue weighted by Gasteiger charge is -2.12. The van der Waals surface area contributed by atoms with Crippen LogP contribution in [0.5, 0.6) is 5.75 Å². The number of amides is 2. The van der Waals surface area contributed by atoms with E-state index in [0.717, 1.165) is 18.4 Å². The molecule has 0 aromatic heterocycles. The van der Waals surface area contributed by atoms with E-state index in [0.29, 0.717) is 35.7 Å². The molecule has 0 aliphatic carbocycles. The van der Waals surface area contributed by atoms with Gasteiger partial charge in [-0.05, 0) is 42.3 Å². The van der Waals surface area contributed by atoms with Crippen molar-refractivity contribution >= 4 is 23.2 Å². The van der Waals surface area contributed by atoms with Gasteiger partial charge in [0, 0.05) is 11.4 Å². The Hall–Kier alpha value is -3.60. The summed E-state index contributed by atoms with van der Waals surface area (Å²) in [4.78, 5) is 25.1. The molecule has 0 bridgehead atoms. The largest absolute Gasteiger partial charge is 0.493 e. The zero-order chi connectivity index (χ0) is 21.2. The number of carbonyl (C=O) groups excluding carboxylic acids is 2. The minimum absolute atomic E-state index is 0.112. The molecule has 30 heavy (non-hydrogen) atoms. The van der Waals surface area contributed by atoms with Crippen LogP contribution in [-0.4, -0.2) is 18.4 Å². The van der Waals surface area contributed by atoms with Crippen molar-refractivity contribution in [2.45, 2.75) is 26.2 Å². The van der Waals surface area contributed by atoms with E-state index in [2.05, 4.69) is 17.6 Å². The fourth-order valence-electron chi connectivity index (χ4n) is 2.97. The first kappa shape index (κ1) is 21.1. The van der Waals surface area contributed by atoms with E-state index in [1.165, 1.54) is 0 Å². The molecule has 0 spiro atoms. The molecule has 0 aliphatic heterocycles. The van der Waals surface area contributed by atoms with Crippen molar-refractivity contribution in [3.8, 4) is 5.75 Å². The molecule has 0 radical (unpaired) electrons. The predicted octanol–water partition coefficient (Wildman–Crippen LogP) is 5.30. The minimum atomic E-state index is -0.255. The lowest BCUT2D eigenvalue weighted by molar-refractivity contribution is -0.115. The summed E-state index contributed by atoms with van der Waals surface area (Å²) >= 11 is 0. The molecule has 0 atom stereocenters. The summed E-state index contributed by atoms with van der Waals surface area (Å²) in [7, 11) is 0. The van der Waals surface area contributed by atoms with Gasteiger partial charge in [-0.1, -0.05) is 61.9 Å². The third-order valence-electron chi connectivity index (χ3n) is 4.50. The Bertz CT molecular complexity index is 986. The highest BCUT2D eigenvalue weighted by Crippen LogP contribution is 2.21. The Morgan fingerprint density at radius 3 is 2.30 bits per heavy atom. The second kappa shape index (κ2) is 10.8. The summed E-state index contributed by atoms with van der Waals surface area (Å²) < 4.78 is 5.75. The van der Waals surface area contributed by atoms with Gasteiger partial charge >= 0.3 is 0 Å². The van der Waals surface area contributed by atoms with E-state index in [1.807, 2.05) is 42.5 Å². The van der Waals surface area contributed by atoms with Crippen LogP contribution in [0.15, 0.2) is 78.9 Å². The smallest absolute Gasteiger partial charge is 0.259 e. The number of unbranched alkanes of at least 4 members (excludes halogenated alkanes) is 1. The standard InChI is InChI=1S/C25H26N2O3/c1-2-3-16-30-23-15-8-7-14-22(23)25(29)27-21-13-9-12-20(18-21)26-24(28)17-19-10-5-4-6-11-19/h4-15,18H,2-3,16-17H2,1H3,(H,26,28)(H,27,29). The molecule has 0 aliphatic rings. The third kappa shape index (κ3) is 6.21. The van der Waals surface area contributed by atoms with Gasteiger partial charge in [-0.3, -0.25) is 9.59 Å². The van der Waals surface area contributed by atoms with Gasteiger partial charge in [-0.15, -0.1) is 0 Å². The van der Waals surface area contributed by atoms with Crippen LogP contribution in [0.25, 0.3) is 0 Å². The number of hydrogen-bond acceptors (Lipinski definition) is 3. The molecule has 3 rings (SSSR count). The summed E-state index contributed by atoms with van der Waals surface area (Å²) in [6.07, 6.45) is 2.25. The van der Waals surface area contributed by atoms with E-state index >= 15 is 0 Å². The number of hydrogen-bond donors (Lipinski definition) is 2. The lowest BCUT2D eigenvalue weighted by Crippen LogP contribution is -2.16. The molecule has 0 heterocycles. The van der Waals surface area contributed by atoms with Crippen LogP contribution < -0.4 is 15.4 Å². The molecule has 5 nitrogen and oxygen atoms in total. The molecule has 0 saturated heterocycles. The fourth-order valence-corrected chi connectivity index (χ4v) is 2.97. The molecule has 5 heteroatoms. The van der Waals surface area contributed by atoms with Crippen LogP contribution in [0.4, 0.5) is 11.4 Å². The maximum absolute atomic E-state index is 12.8. The van der Waals surface area contributed by atoms with E-state index in [1.54, 1.807) is 36.4 Å². The highest BCUT2D eigenvalue weighted by atomic mass is 16.5. The van der Waals surface area contributed by atoms with Crippen molar-refractivity contribution in [1.29, 1.82) is 0 Å². The van der Waals surface area contributed by atoms with Crippen LogP contribution in [0.1, 0.15) is 35.7 Å². The highest BCUT2D eigenvalue weighted by Gasteiger charge is 2.13. The Morgan fingerprint density at radius 2 is 1.53 bits per heavy atom. The Labute approximate surface area is 177 Å². The molecule has 0 unspecified atom stereocenters. The molecule has 0 fully saturated rings. The van der Waals surface area contributed by atoms with Crippen LogP contribution in [0, 0.1) is 0 Å². The van der Waals surface area contributed by atoms with Crippen molar-refractivity contribution < 1.29 is 14.3 Å². The van der Waals surface area contributed by atoms with Gasteiger partial charge in [0.25, 0.3) is 5.91 Å². The van der Waals surface area contributed by atoms with E-state index in [4.69, 9.17) is 4.74 Å². The van der Waals surface area contributed by atoms with E-state index in [-0.39, 0.29) is 11.8 Å². The first-order valence-electron chi connectivity index (χ1n) is 10.1. The third-order valence-corrected chi connectivity index (χ3v) is 4.50. The van der Waals surface area contributed by atoms with Crippen molar-refractivity contribution in [2.75, 3.05) is 17.2 Å². The van der Waals surface area contributed by atoms with Crippen molar-refractivity contribution in [3.05, 3.63) is 90.0 Å². The summed E-state index contributed by atoms with van der Waals surface area (Å²) in [5.41, 5.74) is 2.65. The Balaban J connectivity index is 1.64. The monoisotopic (exact) mass is 402 g/mol. The number of ether oxygens (including phenoxy) is 1. The second-order valence-electron chi connectivity index (χ2n) is 6.94. The van der Waals surface area contributed by atoms with Crippen LogP contribution in [-0.2, 0) is 11.2 Å². The molecular weight excluding hydrogens is 376 g/mol. The van der Waals surface area contributed by atoms with Crippen LogP contribution >= 0.6 is 0 Å². The first-order chi connectivity index (χ1) is 14.7. The minimum Gasteiger partial charge on any atom is -0.493 e. The quantitative estimate of drug-likeness (QED) is 0.477. The normalized spacial score (nSPS) is 10.3. The highest BCUT2D eigenvalue weighted by molar-refractivity contribution is 6.06. The number of nitrogens with one attached hydrogen (secondary N) is 2. The van der Waals surface area contributed by atoms with E-state index < -0.39 is 0 Å². The van der Waals surface area contributed by atoms with Crippen LogP contribution in [0.2, 0.25) is 0 Å². The van der Waals surface area contributed by atoms with Gasteiger partial charge in [0.1, 0.15) is 5.75 Å². The first-order valence-corrected chi connectivity index (χ1v) is 10.1. The molecule has 3 aromatic carbocycles. The second-order valence-corrected chi connectivity index (χ2v) is 6.94. The number of benzene rings is 3. The zero-order valence-corrected chi connectivity index (χ0v) is 17.1. The zero-order valence-electron chi connectivity index (χ0n) is 17.1. The number of anilines is 2. The average molecular weight is 402 g/mol. The molecular formula is C25H26N2O3. The molecule has 3 aromatic rings. The van der Waals surface area contributed by atoms with Gasteiger partial charge in [0.05, 0.1) is 18.6 Å². The molecule has 2 amide bonds. The summed E-state index contributed by atoms with van der Waals surface area (Å²) in [5.74, 6) is 0.199. The summed E-state index contributed by atoms with van der Waals surface area (Å²) in [6, 6.07) is 23.8. The van der Waals surface area contributed by atoms with Crippen molar-refractivity contribution in [3.63, 3.8) is 0 Å². The fraction of sp³-hybridized carbons (Fsp3) is 0.200. The van der Waals surface area contributed by atoms with Gasteiger partial charge in [0.15, 0.2) is 0 Å². The van der Waals surface area contributed by atoms with Gasteiger partial charge in [-0.2, -0.15) is 0 Å². The number of para-hydroxylation sites is 1. The van der Waals surface area contributed by atoms with Gasteiger partial charge < -0.3 is 15.4 Å². The van der Waals surface area contributed by atoms with Crippen molar-refractivity contribution in [2.24, 2.45) is 0 Å². The number of rotatable bonds is 9. The lowest BCUT2D eigenvalue weighted by atomic mass is 10.1. The van der Waals surface area contributed by atoms with Crippen LogP contribution in [0.3, 0.4) is 0 Å². The number of carbonyl (C=O) groups is 2. The topological polar surface area (TPSA) is 67.4 Å². The molecule has 154 valence electrons. The SMILES string of the molecule is CCCCOc1ccccc1C(=O)Nc1cccc(NC(=O)Cc2ccccc2)c1. The maximum Gasteiger partial charge on any atom is 0.259 e. The molecule has 0 saturated carbocycles. The van der Waals surface area contributed by atoms with Gasteiger partial charge in [-0.25, -0.2) is 0 Å². The maximum atomic E-state index is 12.8.